The van der Waals surface area contributed by atoms with E-state index in [2.05, 4.69) is 109 Å². The first-order valence-electron chi connectivity index (χ1n) is 15.6. The Morgan fingerprint density at radius 1 is 0.848 bits per heavy atom. The summed E-state index contributed by atoms with van der Waals surface area (Å²) < 4.78 is 10.4. The van der Waals surface area contributed by atoms with E-state index in [1.54, 1.807) is 7.11 Å². The molecule has 1 aliphatic heterocycles. The van der Waals surface area contributed by atoms with Crippen LogP contribution in [-0.2, 0) is 6.42 Å². The van der Waals surface area contributed by atoms with E-state index in [-0.39, 0.29) is 11.6 Å². The van der Waals surface area contributed by atoms with Crippen molar-refractivity contribution in [2.75, 3.05) is 7.11 Å². The molecule has 1 atom stereocenters. The van der Waals surface area contributed by atoms with Gasteiger partial charge in [-0.2, -0.15) is 0 Å². The first kappa shape index (κ1) is 28.3. The summed E-state index contributed by atoms with van der Waals surface area (Å²) in [6.45, 7) is 4.24. The van der Waals surface area contributed by atoms with E-state index in [0.29, 0.717) is 4.53 Å². The smallest absolute Gasteiger partial charge is 0.271 e. The van der Waals surface area contributed by atoms with Crippen molar-refractivity contribution in [3.05, 3.63) is 168 Å². The van der Waals surface area contributed by atoms with Gasteiger partial charge in [0, 0.05) is 22.6 Å². The van der Waals surface area contributed by atoms with E-state index >= 15 is 0 Å². The van der Waals surface area contributed by atoms with Gasteiger partial charge in [-0.15, -0.1) is 0 Å². The molecule has 0 saturated heterocycles. The molecule has 6 aromatic rings. The van der Waals surface area contributed by atoms with Crippen LogP contribution in [0.15, 0.2) is 125 Å². The largest absolute Gasteiger partial charge is 0.497 e. The van der Waals surface area contributed by atoms with Gasteiger partial charge in [0.1, 0.15) is 5.75 Å². The van der Waals surface area contributed by atoms with Gasteiger partial charge in [0.05, 0.1) is 23.4 Å². The number of hydrogen-bond acceptors (Lipinski definition) is 4. The van der Waals surface area contributed by atoms with E-state index in [9.17, 15) is 4.79 Å². The highest BCUT2D eigenvalue weighted by molar-refractivity contribution is 7.07. The molecule has 4 aromatic carbocycles. The Hall–Kier alpha value is -5.20. The van der Waals surface area contributed by atoms with Gasteiger partial charge in [-0.1, -0.05) is 90.2 Å². The van der Waals surface area contributed by atoms with Crippen LogP contribution in [0.1, 0.15) is 46.1 Å². The second-order valence-corrected chi connectivity index (χ2v) is 13.0. The normalized spacial score (nSPS) is 15.6. The Bertz CT molecular complexity index is 2340. The predicted octanol–water partition coefficient (Wildman–Crippen LogP) is 7.40. The molecule has 46 heavy (non-hydrogen) atoms. The zero-order valence-corrected chi connectivity index (χ0v) is 26.8. The van der Waals surface area contributed by atoms with Crippen LogP contribution in [0.3, 0.4) is 0 Å². The van der Waals surface area contributed by atoms with Gasteiger partial charge in [-0.25, -0.2) is 4.99 Å². The molecule has 1 aliphatic carbocycles. The fourth-order valence-corrected chi connectivity index (χ4v) is 8.03. The number of aromatic nitrogens is 2. The summed E-state index contributed by atoms with van der Waals surface area (Å²) in [5.41, 5.74) is 12.4. The summed E-state index contributed by atoms with van der Waals surface area (Å²) in [7, 11) is 1.68. The Kier molecular flexibility index (Phi) is 6.95. The van der Waals surface area contributed by atoms with Crippen molar-refractivity contribution in [3.8, 4) is 22.6 Å². The number of aryl methyl sites for hydroxylation is 2. The number of fused-ring (bicyclic) bond motifs is 3. The van der Waals surface area contributed by atoms with Gasteiger partial charge in [-0.3, -0.25) is 9.36 Å². The molecule has 2 aliphatic rings. The van der Waals surface area contributed by atoms with Crippen molar-refractivity contribution in [3.63, 3.8) is 0 Å². The van der Waals surface area contributed by atoms with Crippen LogP contribution in [0.5, 0.6) is 5.75 Å². The van der Waals surface area contributed by atoms with E-state index in [1.807, 2.05) is 28.8 Å². The Morgan fingerprint density at radius 2 is 1.61 bits per heavy atom. The summed E-state index contributed by atoms with van der Waals surface area (Å²) in [4.78, 5) is 20.3. The van der Waals surface area contributed by atoms with E-state index in [0.717, 1.165) is 62.9 Å². The summed E-state index contributed by atoms with van der Waals surface area (Å²) in [5, 5.41) is 0. The second-order valence-electron chi connectivity index (χ2n) is 12.0. The molecule has 0 saturated carbocycles. The standard InChI is InChI=1S/C40H33N3O2S/c1-25-22-31(26(2)42(25)32-19-16-28(17-20-32)27-10-5-4-6-11-27)24-36-39(44)43-38(30-13-9-14-33(23-30)45-3)35-21-18-29-12-7-8-15-34(29)37(35)41-40(43)46-36/h4-17,19-20,22-24,38H,18,21H2,1-3H3/b36-24+/t38-/m1/s1. The van der Waals surface area contributed by atoms with Crippen molar-refractivity contribution in [1.29, 1.82) is 0 Å². The number of benzene rings is 4. The third kappa shape index (κ3) is 4.68. The molecule has 0 N–H and O–H groups in total. The van der Waals surface area contributed by atoms with E-state index in [4.69, 9.17) is 9.73 Å². The highest BCUT2D eigenvalue weighted by Gasteiger charge is 2.32. The lowest BCUT2D eigenvalue weighted by atomic mass is 9.83. The van der Waals surface area contributed by atoms with Crippen molar-refractivity contribution in [2.45, 2.75) is 32.7 Å². The Balaban J connectivity index is 1.26. The van der Waals surface area contributed by atoms with Crippen LogP contribution in [0.4, 0.5) is 0 Å². The molecular formula is C40H33N3O2S. The van der Waals surface area contributed by atoms with Gasteiger partial charge in [0.15, 0.2) is 4.80 Å². The Morgan fingerprint density at radius 3 is 2.41 bits per heavy atom. The number of rotatable bonds is 5. The molecule has 0 bridgehead atoms. The maximum atomic E-state index is 14.3. The van der Waals surface area contributed by atoms with Crippen molar-refractivity contribution in [2.24, 2.45) is 4.99 Å². The number of thiazole rings is 1. The fraction of sp³-hybridized carbons (Fsp3) is 0.150. The lowest BCUT2D eigenvalue weighted by Gasteiger charge is -2.31. The summed E-state index contributed by atoms with van der Waals surface area (Å²) in [5.74, 6) is 0.777. The van der Waals surface area contributed by atoms with Gasteiger partial charge >= 0.3 is 0 Å². The monoisotopic (exact) mass is 619 g/mol. The van der Waals surface area contributed by atoms with Gasteiger partial charge in [0.25, 0.3) is 5.56 Å². The molecule has 3 heterocycles. The maximum absolute atomic E-state index is 14.3. The fourth-order valence-electron chi connectivity index (χ4n) is 7.04. The molecule has 6 heteroatoms. The molecule has 0 radical (unpaired) electrons. The van der Waals surface area contributed by atoms with Crippen molar-refractivity contribution < 1.29 is 4.74 Å². The Labute approximate surface area is 271 Å². The van der Waals surface area contributed by atoms with Crippen molar-refractivity contribution in [1.82, 2.24) is 9.13 Å². The molecule has 0 unspecified atom stereocenters. The van der Waals surface area contributed by atoms with Crippen LogP contribution >= 0.6 is 11.3 Å². The first-order chi connectivity index (χ1) is 22.5. The lowest BCUT2D eigenvalue weighted by Crippen LogP contribution is -2.38. The number of ether oxygens (including phenoxy) is 1. The number of allylic oxidation sites excluding steroid dienone is 1. The van der Waals surface area contributed by atoms with Gasteiger partial charge in [0.2, 0.25) is 0 Å². The molecular weight excluding hydrogens is 587 g/mol. The summed E-state index contributed by atoms with van der Waals surface area (Å²) >= 11 is 1.47. The van der Waals surface area contributed by atoms with Crippen LogP contribution in [-0.4, -0.2) is 16.2 Å². The summed E-state index contributed by atoms with van der Waals surface area (Å²) in [6.07, 6.45) is 3.82. The van der Waals surface area contributed by atoms with E-state index < -0.39 is 0 Å². The first-order valence-corrected chi connectivity index (χ1v) is 16.4. The van der Waals surface area contributed by atoms with Crippen LogP contribution in [0, 0.1) is 13.8 Å². The summed E-state index contributed by atoms with van der Waals surface area (Å²) in [6, 6.07) is 37.6. The highest BCUT2D eigenvalue weighted by atomic mass is 32.1. The minimum absolute atomic E-state index is 0.0148. The second kappa shape index (κ2) is 11.3. The van der Waals surface area contributed by atoms with Gasteiger partial charge in [-0.05, 0) is 96.5 Å². The van der Waals surface area contributed by atoms with Gasteiger partial charge < -0.3 is 9.30 Å². The van der Waals surface area contributed by atoms with Crippen molar-refractivity contribution >= 4 is 23.1 Å². The average Bonchev–Trinajstić information content (AvgIpc) is 3.56. The minimum atomic E-state index is -0.243. The number of hydrogen-bond donors (Lipinski definition) is 0. The SMILES string of the molecule is COc1cccc([C@@H]2C3=C(N=c4s/c(=C/c5cc(C)n(-c6ccc(-c7ccccc7)cc6)c5C)c(=O)n42)c2ccccc2CC3)c1. The topological polar surface area (TPSA) is 48.5 Å². The van der Waals surface area contributed by atoms with Crippen LogP contribution in [0.25, 0.3) is 28.6 Å². The maximum Gasteiger partial charge on any atom is 0.271 e. The number of nitrogens with zero attached hydrogens (tertiary/aromatic N) is 3. The minimum Gasteiger partial charge on any atom is -0.497 e. The molecule has 2 aromatic heterocycles. The molecule has 0 amide bonds. The van der Waals surface area contributed by atoms with Crippen LogP contribution in [0.2, 0.25) is 0 Å². The molecule has 5 nitrogen and oxygen atoms in total. The predicted molar refractivity (Wildman–Crippen MR) is 186 cm³/mol. The lowest BCUT2D eigenvalue weighted by molar-refractivity contribution is 0.413. The van der Waals surface area contributed by atoms with E-state index in [1.165, 1.54) is 33.6 Å². The third-order valence-corrected chi connectivity index (χ3v) is 10.3. The zero-order chi connectivity index (χ0) is 31.4. The third-order valence-electron chi connectivity index (χ3n) is 9.27. The molecule has 226 valence electrons. The highest BCUT2D eigenvalue weighted by Crippen LogP contribution is 2.41. The average molecular weight is 620 g/mol. The number of methoxy groups -OCH3 is 1. The molecule has 0 spiro atoms. The zero-order valence-electron chi connectivity index (χ0n) is 26.0. The van der Waals surface area contributed by atoms with Crippen LogP contribution < -0.4 is 19.6 Å². The molecule has 0 fully saturated rings. The molecule has 8 rings (SSSR count). The quantitative estimate of drug-likeness (QED) is 0.202.